The number of nitrogens with zero attached hydrogens (tertiary/aromatic N) is 3. The second-order valence-corrected chi connectivity index (χ2v) is 14.5. The molecule has 1 saturated heterocycles. The van der Waals surface area contributed by atoms with Gasteiger partial charge in [-0.25, -0.2) is 30.6 Å². The summed E-state index contributed by atoms with van der Waals surface area (Å²) in [5, 5.41) is 2.64. The van der Waals surface area contributed by atoms with Gasteiger partial charge in [0.05, 0.1) is 11.1 Å². The predicted molar refractivity (Wildman–Crippen MR) is 137 cm³/mol. The van der Waals surface area contributed by atoms with E-state index in [-0.39, 0.29) is 32.7 Å². The maximum Gasteiger partial charge on any atom is 0.257 e. The van der Waals surface area contributed by atoms with Crippen LogP contribution in [0.25, 0.3) is 5.57 Å². The minimum absolute atomic E-state index is 0.00766. The summed E-state index contributed by atoms with van der Waals surface area (Å²) in [4.78, 5) is 19.4. The molecule has 2 fully saturated rings. The lowest BCUT2D eigenvalue weighted by molar-refractivity contribution is -0.111. The number of piperazine rings is 1. The molecule has 1 aliphatic carbocycles. The Hall–Kier alpha value is -2.26. The van der Waals surface area contributed by atoms with E-state index in [0.717, 1.165) is 17.6 Å². The van der Waals surface area contributed by atoms with Crippen LogP contribution in [0.2, 0.25) is 0 Å². The van der Waals surface area contributed by atoms with Gasteiger partial charge in [-0.05, 0) is 43.5 Å². The minimum Gasteiger partial charge on any atom is -0.304 e. The fourth-order valence-electron chi connectivity index (χ4n) is 4.28. The van der Waals surface area contributed by atoms with Crippen molar-refractivity contribution in [3.05, 3.63) is 42.1 Å². The van der Waals surface area contributed by atoms with E-state index in [4.69, 9.17) is 0 Å². The van der Waals surface area contributed by atoms with Gasteiger partial charge in [-0.2, -0.15) is 4.31 Å². The standard InChI is InChI=1S/C23H28F2N4O5S3/c1-28-7-9-29(10-8-28)37(33,34)21-14-26-23(35-21)27-22(30)18(11-15-12-19(24)20(25)13-15)16-3-5-17(6-4-16)36(2,31)32/h3-6,11,14-15,19-20H,7-10,12-13H2,1-2H3,(H,26,27,30)/b18-11+. The molecule has 9 nitrogen and oxygen atoms in total. The molecule has 4 rings (SSSR count). The fourth-order valence-corrected chi connectivity index (χ4v) is 7.52. The van der Waals surface area contributed by atoms with Gasteiger partial charge >= 0.3 is 0 Å². The molecule has 1 aromatic carbocycles. The Morgan fingerprint density at radius 3 is 2.22 bits per heavy atom. The van der Waals surface area contributed by atoms with Crippen LogP contribution in [-0.4, -0.2) is 88.8 Å². The van der Waals surface area contributed by atoms with Crippen molar-refractivity contribution in [1.82, 2.24) is 14.2 Å². The number of thiazole rings is 1. The highest BCUT2D eigenvalue weighted by Gasteiger charge is 2.34. The Morgan fingerprint density at radius 1 is 1.05 bits per heavy atom. The molecule has 202 valence electrons. The molecule has 1 aromatic heterocycles. The molecule has 2 aromatic rings. The molecule has 2 aliphatic rings. The first kappa shape index (κ1) is 27.8. The summed E-state index contributed by atoms with van der Waals surface area (Å²) in [6.45, 7) is 1.91. The number of carbonyl (C=O) groups excluding carboxylic acids is 1. The molecule has 1 N–H and O–H groups in total. The van der Waals surface area contributed by atoms with Crippen LogP contribution in [0.15, 0.2) is 45.6 Å². The number of benzene rings is 1. The van der Waals surface area contributed by atoms with Crippen LogP contribution in [0.3, 0.4) is 0 Å². The number of rotatable bonds is 7. The third-order valence-electron chi connectivity index (χ3n) is 6.45. The molecule has 1 saturated carbocycles. The zero-order valence-electron chi connectivity index (χ0n) is 20.3. The smallest absolute Gasteiger partial charge is 0.257 e. The summed E-state index contributed by atoms with van der Waals surface area (Å²) in [5.74, 6) is -1.19. The Labute approximate surface area is 219 Å². The number of nitrogens with one attached hydrogen (secondary N) is 1. The van der Waals surface area contributed by atoms with Crippen molar-refractivity contribution in [3.8, 4) is 0 Å². The topological polar surface area (TPSA) is 117 Å². The van der Waals surface area contributed by atoms with E-state index < -0.39 is 44.0 Å². The van der Waals surface area contributed by atoms with Crippen molar-refractivity contribution in [1.29, 1.82) is 0 Å². The van der Waals surface area contributed by atoms with Crippen molar-refractivity contribution in [2.24, 2.45) is 5.92 Å². The van der Waals surface area contributed by atoms with Crippen molar-refractivity contribution in [3.63, 3.8) is 0 Å². The number of carbonyl (C=O) groups is 1. The van der Waals surface area contributed by atoms with Gasteiger partial charge in [0.1, 0.15) is 12.3 Å². The minimum atomic E-state index is -3.77. The molecular weight excluding hydrogens is 546 g/mol. The van der Waals surface area contributed by atoms with Gasteiger partial charge in [0.2, 0.25) is 0 Å². The number of likely N-dealkylation sites (N-methyl/N-ethyl adjacent to an activating group) is 1. The number of halogens is 2. The lowest BCUT2D eigenvalue weighted by Gasteiger charge is -2.30. The number of allylic oxidation sites excluding steroid dienone is 1. The maximum absolute atomic E-state index is 13.8. The van der Waals surface area contributed by atoms with Crippen LogP contribution in [0.4, 0.5) is 13.9 Å². The molecule has 37 heavy (non-hydrogen) atoms. The second-order valence-electron chi connectivity index (χ2n) is 9.29. The highest BCUT2D eigenvalue weighted by Crippen LogP contribution is 2.34. The lowest BCUT2D eigenvalue weighted by atomic mass is 9.98. The monoisotopic (exact) mass is 574 g/mol. The van der Waals surface area contributed by atoms with Gasteiger partial charge in [0.25, 0.3) is 15.9 Å². The number of hydrogen-bond acceptors (Lipinski definition) is 8. The Morgan fingerprint density at radius 2 is 1.65 bits per heavy atom. The normalized spacial score (nSPS) is 24.3. The third kappa shape index (κ3) is 6.42. The highest BCUT2D eigenvalue weighted by atomic mass is 32.2. The maximum atomic E-state index is 13.8. The number of sulfonamides is 1. The van der Waals surface area contributed by atoms with Crippen molar-refractivity contribution in [2.45, 2.75) is 34.3 Å². The first-order valence-electron chi connectivity index (χ1n) is 11.6. The SMILES string of the molecule is CN1CCN(S(=O)(=O)c2cnc(NC(=O)/C(=C/C3CC(F)C(F)C3)c3ccc(S(C)(=O)=O)cc3)s2)CC1. The molecular formula is C23H28F2N4O5S3. The zero-order chi connectivity index (χ0) is 27.0. The highest BCUT2D eigenvalue weighted by molar-refractivity contribution is 7.91. The van der Waals surface area contributed by atoms with Crippen LogP contribution in [-0.2, 0) is 24.7 Å². The molecule has 2 unspecified atom stereocenters. The third-order valence-corrected chi connectivity index (χ3v) is 10.8. The predicted octanol–water partition coefficient (Wildman–Crippen LogP) is 2.59. The average molecular weight is 575 g/mol. The Kier molecular flexibility index (Phi) is 8.14. The Balaban J connectivity index is 1.58. The number of hydrogen-bond donors (Lipinski definition) is 1. The number of anilines is 1. The number of sulfone groups is 1. The van der Waals surface area contributed by atoms with E-state index in [2.05, 4.69) is 10.3 Å². The largest absolute Gasteiger partial charge is 0.304 e. The molecule has 0 bridgehead atoms. The van der Waals surface area contributed by atoms with Gasteiger partial charge in [0.15, 0.2) is 19.2 Å². The summed E-state index contributed by atoms with van der Waals surface area (Å²) in [7, 11) is -5.32. The molecule has 2 heterocycles. The molecule has 2 atom stereocenters. The van der Waals surface area contributed by atoms with Gasteiger partial charge in [-0.3, -0.25) is 10.1 Å². The van der Waals surface area contributed by atoms with E-state index in [1.165, 1.54) is 40.8 Å². The van der Waals surface area contributed by atoms with Gasteiger partial charge in [-0.1, -0.05) is 29.5 Å². The van der Waals surface area contributed by atoms with Crippen molar-refractivity contribution >= 4 is 47.8 Å². The lowest BCUT2D eigenvalue weighted by Crippen LogP contribution is -2.46. The summed E-state index contributed by atoms with van der Waals surface area (Å²) in [5.41, 5.74) is 0.439. The number of aromatic nitrogens is 1. The van der Waals surface area contributed by atoms with Crippen LogP contribution in [0.5, 0.6) is 0 Å². The molecule has 1 aliphatic heterocycles. The van der Waals surface area contributed by atoms with Gasteiger partial charge < -0.3 is 4.90 Å². The van der Waals surface area contributed by atoms with E-state index in [1.54, 1.807) is 0 Å². The van der Waals surface area contributed by atoms with E-state index >= 15 is 0 Å². The van der Waals surface area contributed by atoms with E-state index in [9.17, 15) is 30.4 Å². The van der Waals surface area contributed by atoms with Gasteiger partial charge in [0, 0.05) is 38.0 Å². The Bertz CT molecular complexity index is 1380. The fraction of sp³-hybridized carbons (Fsp3) is 0.478. The summed E-state index contributed by atoms with van der Waals surface area (Å²) in [6.07, 6.45) is 0.319. The van der Waals surface area contributed by atoms with Crippen molar-refractivity contribution in [2.75, 3.05) is 44.8 Å². The van der Waals surface area contributed by atoms with E-state index in [1.807, 2.05) is 11.9 Å². The summed E-state index contributed by atoms with van der Waals surface area (Å²) >= 11 is 0.812. The van der Waals surface area contributed by atoms with Crippen LogP contribution >= 0.6 is 11.3 Å². The van der Waals surface area contributed by atoms with Crippen LogP contribution in [0.1, 0.15) is 18.4 Å². The molecule has 14 heteroatoms. The summed E-state index contributed by atoms with van der Waals surface area (Å²) in [6, 6.07) is 5.59. The van der Waals surface area contributed by atoms with Crippen LogP contribution in [0, 0.1) is 5.92 Å². The molecule has 0 spiro atoms. The van der Waals surface area contributed by atoms with Crippen molar-refractivity contribution < 1.29 is 30.4 Å². The second kappa shape index (κ2) is 10.8. The van der Waals surface area contributed by atoms with Crippen LogP contribution < -0.4 is 5.32 Å². The summed E-state index contributed by atoms with van der Waals surface area (Å²) < 4.78 is 78.6. The van der Waals surface area contributed by atoms with E-state index in [0.29, 0.717) is 31.7 Å². The first-order valence-corrected chi connectivity index (χ1v) is 15.8. The first-order chi connectivity index (χ1) is 17.3. The average Bonchev–Trinajstić information content (AvgIpc) is 3.43. The number of alkyl halides is 2. The molecule has 0 radical (unpaired) electrons. The molecule has 1 amide bonds. The van der Waals surface area contributed by atoms with Gasteiger partial charge in [-0.15, -0.1) is 0 Å². The zero-order valence-corrected chi connectivity index (χ0v) is 22.8. The quantitative estimate of drug-likeness (QED) is 0.506. The number of amides is 1.